The summed E-state index contributed by atoms with van der Waals surface area (Å²) in [6, 6.07) is 0. The van der Waals surface area contributed by atoms with Gasteiger partial charge in [0.1, 0.15) is 19.8 Å². The number of nitrogens with zero attached hydrogens (tertiary/aromatic N) is 1. The van der Waals surface area contributed by atoms with E-state index in [2.05, 4.69) is 148 Å². The second-order valence-electron chi connectivity index (χ2n) is 16.0. The highest BCUT2D eigenvalue weighted by Crippen LogP contribution is 2.43. The first-order chi connectivity index (χ1) is 31.0. The first-order valence-corrected chi connectivity index (χ1v) is 25.1. The van der Waals surface area contributed by atoms with Crippen molar-refractivity contribution in [3.05, 3.63) is 146 Å². The normalized spacial score (nSPS) is 14.8. The average Bonchev–Trinajstić information content (AvgIpc) is 3.25. The maximum Gasteiger partial charge on any atom is 0.472 e. The smallest absolute Gasteiger partial charge is 0.462 e. The van der Waals surface area contributed by atoms with Gasteiger partial charge in [0.05, 0.1) is 27.7 Å². The van der Waals surface area contributed by atoms with Crippen molar-refractivity contribution in [3.63, 3.8) is 0 Å². The van der Waals surface area contributed by atoms with Crippen LogP contribution in [-0.4, -0.2) is 74.9 Å². The van der Waals surface area contributed by atoms with Gasteiger partial charge in [0.15, 0.2) is 6.10 Å². The molecule has 0 aliphatic rings. The fourth-order valence-electron chi connectivity index (χ4n) is 5.28. The van der Waals surface area contributed by atoms with E-state index < -0.39 is 32.5 Å². The molecule has 0 radical (unpaired) electrons. The van der Waals surface area contributed by atoms with Gasteiger partial charge in [-0.2, -0.15) is 0 Å². The predicted molar refractivity (Wildman–Crippen MR) is 270 cm³/mol. The number of phosphoric ester groups is 1. The van der Waals surface area contributed by atoms with Gasteiger partial charge < -0.3 is 18.9 Å². The number of quaternary nitrogens is 1. The third-order valence-electron chi connectivity index (χ3n) is 8.88. The van der Waals surface area contributed by atoms with Gasteiger partial charge in [-0.3, -0.25) is 18.6 Å². The predicted octanol–water partition coefficient (Wildman–Crippen LogP) is 14.0. The van der Waals surface area contributed by atoms with Crippen LogP contribution in [0.25, 0.3) is 0 Å². The van der Waals surface area contributed by atoms with Crippen molar-refractivity contribution in [1.29, 1.82) is 0 Å². The van der Waals surface area contributed by atoms with Crippen LogP contribution in [0.3, 0.4) is 0 Å². The van der Waals surface area contributed by atoms with Crippen molar-refractivity contribution in [1.82, 2.24) is 0 Å². The zero-order valence-electron chi connectivity index (χ0n) is 40.2. The standard InChI is InChI=1S/C54H84NO8P/c1-6-8-10-12-14-16-18-20-22-24-26-27-29-30-32-34-36-38-40-42-44-46-53(56)60-50-52(51-62-64(58,59)61-49-48-55(3,4)5)63-54(57)47-45-43-41-39-37-35-33-31-28-25-23-21-19-17-15-13-11-9-7-2/h8-11,14-17,20-23,26-28,30-32,35-38,41,43,52H,6-7,12-13,18-19,24-25,29,33-34,39-40,42,44-51H2,1-5H3/p+1/b10-8-,11-9-,16-14-,17-15-,22-20-,23-21-,27-26-,31-28-,32-30-,37-35-,38-36-,43-41-. The Kier molecular flexibility index (Phi) is 41.3. The minimum atomic E-state index is -4.42. The van der Waals surface area contributed by atoms with Crippen LogP contribution in [0.1, 0.15) is 129 Å². The number of phosphoric acid groups is 1. The van der Waals surface area contributed by atoms with E-state index in [4.69, 9.17) is 18.5 Å². The molecule has 1 N–H and O–H groups in total. The highest BCUT2D eigenvalue weighted by Gasteiger charge is 2.27. The van der Waals surface area contributed by atoms with E-state index >= 15 is 0 Å². The molecule has 0 saturated carbocycles. The molecule has 2 atom stereocenters. The third kappa shape index (κ3) is 47.4. The van der Waals surface area contributed by atoms with E-state index in [0.717, 1.165) is 89.9 Å². The number of unbranched alkanes of at least 4 members (excludes halogenated alkanes) is 2. The number of hydrogen-bond donors (Lipinski definition) is 1. The van der Waals surface area contributed by atoms with Crippen molar-refractivity contribution in [3.8, 4) is 0 Å². The summed E-state index contributed by atoms with van der Waals surface area (Å²) in [5.41, 5.74) is 0. The summed E-state index contributed by atoms with van der Waals surface area (Å²) in [4.78, 5) is 35.4. The second kappa shape index (κ2) is 44.1. The monoisotopic (exact) mass is 907 g/mol. The molecule has 0 spiro atoms. The number of ether oxygens (including phenoxy) is 2. The van der Waals surface area contributed by atoms with E-state index in [0.29, 0.717) is 23.9 Å². The van der Waals surface area contributed by atoms with Crippen molar-refractivity contribution in [2.45, 2.75) is 136 Å². The number of likely N-dealkylation sites (N-methyl/N-ethyl adjacent to an activating group) is 1. The van der Waals surface area contributed by atoms with Crippen LogP contribution < -0.4 is 0 Å². The number of hydrogen-bond acceptors (Lipinski definition) is 7. The first kappa shape index (κ1) is 59.9. The Hall–Kier alpha value is -4.11. The van der Waals surface area contributed by atoms with E-state index in [1.165, 1.54) is 0 Å². The Labute approximate surface area is 389 Å². The van der Waals surface area contributed by atoms with Crippen LogP contribution in [0.5, 0.6) is 0 Å². The average molecular weight is 907 g/mol. The number of allylic oxidation sites excluding steroid dienone is 24. The lowest BCUT2D eigenvalue weighted by Crippen LogP contribution is -2.37. The number of rotatable bonds is 40. The summed E-state index contributed by atoms with van der Waals surface area (Å²) in [5.74, 6) is -0.965. The highest BCUT2D eigenvalue weighted by atomic mass is 31.2. The van der Waals surface area contributed by atoms with Crippen LogP contribution >= 0.6 is 7.82 Å². The maximum absolute atomic E-state index is 12.7. The SMILES string of the molecule is CC/C=C\C/C=C\C/C=C\C/C=C\C/C=C\C/C=C\CCCCC(=O)OCC(COP(=O)(O)OCC[N+](C)(C)C)OC(=O)CC/C=C\C/C=C\C/C=C\C/C=C\C/C=C\C/C=C\CC. The van der Waals surface area contributed by atoms with Gasteiger partial charge >= 0.3 is 19.8 Å². The zero-order chi connectivity index (χ0) is 47.1. The lowest BCUT2D eigenvalue weighted by Gasteiger charge is -2.24. The molecule has 9 nitrogen and oxygen atoms in total. The van der Waals surface area contributed by atoms with Gasteiger partial charge in [0.25, 0.3) is 0 Å². The number of esters is 2. The van der Waals surface area contributed by atoms with Gasteiger partial charge in [-0.1, -0.05) is 160 Å². The van der Waals surface area contributed by atoms with E-state index in [-0.39, 0.29) is 26.1 Å². The van der Waals surface area contributed by atoms with Gasteiger partial charge in [-0.05, 0) is 103 Å². The Balaban J connectivity index is 4.56. The molecule has 10 heteroatoms. The van der Waals surface area contributed by atoms with Crippen molar-refractivity contribution < 1.29 is 42.1 Å². The molecule has 0 bridgehead atoms. The second-order valence-corrected chi connectivity index (χ2v) is 17.5. The molecule has 0 aromatic rings. The summed E-state index contributed by atoms with van der Waals surface area (Å²) in [6.07, 6.45) is 64.9. The first-order valence-electron chi connectivity index (χ1n) is 23.6. The molecule has 358 valence electrons. The van der Waals surface area contributed by atoms with Crippen LogP contribution in [0.2, 0.25) is 0 Å². The van der Waals surface area contributed by atoms with E-state index in [9.17, 15) is 19.0 Å². The molecule has 0 heterocycles. The van der Waals surface area contributed by atoms with E-state index in [1.54, 1.807) is 0 Å². The minimum absolute atomic E-state index is 0.00124. The van der Waals surface area contributed by atoms with Crippen LogP contribution in [0.15, 0.2) is 146 Å². The van der Waals surface area contributed by atoms with Gasteiger partial charge in [-0.25, -0.2) is 4.57 Å². The number of carbonyl (C=O) groups is 2. The topological polar surface area (TPSA) is 108 Å². The van der Waals surface area contributed by atoms with Crippen LogP contribution in [0.4, 0.5) is 0 Å². The summed E-state index contributed by atoms with van der Waals surface area (Å²) < 4.78 is 34.2. The van der Waals surface area contributed by atoms with Gasteiger partial charge in [-0.15, -0.1) is 0 Å². The molecule has 0 aromatic heterocycles. The molecule has 64 heavy (non-hydrogen) atoms. The van der Waals surface area contributed by atoms with E-state index in [1.807, 2.05) is 33.3 Å². The van der Waals surface area contributed by atoms with Crippen LogP contribution in [-0.2, 0) is 32.7 Å². The van der Waals surface area contributed by atoms with Gasteiger partial charge in [0.2, 0.25) is 0 Å². The Morgan fingerprint density at radius 2 is 0.859 bits per heavy atom. The molecule has 0 fully saturated rings. The Morgan fingerprint density at radius 3 is 1.25 bits per heavy atom. The molecule has 0 aliphatic heterocycles. The van der Waals surface area contributed by atoms with Crippen molar-refractivity contribution >= 4 is 19.8 Å². The molecular weight excluding hydrogens is 822 g/mol. The molecule has 0 rings (SSSR count). The lowest BCUT2D eigenvalue weighted by molar-refractivity contribution is -0.870. The molecule has 0 aromatic carbocycles. The number of carbonyl (C=O) groups excluding carboxylic acids is 2. The lowest BCUT2D eigenvalue weighted by atomic mass is 10.2. The van der Waals surface area contributed by atoms with Crippen molar-refractivity contribution in [2.75, 3.05) is 47.5 Å². The molecule has 0 amide bonds. The fraction of sp³-hybridized carbons (Fsp3) is 0.519. The third-order valence-corrected chi connectivity index (χ3v) is 9.86. The largest absolute Gasteiger partial charge is 0.472 e. The van der Waals surface area contributed by atoms with Crippen molar-refractivity contribution in [2.24, 2.45) is 0 Å². The summed E-state index contributed by atoms with van der Waals surface area (Å²) in [5, 5.41) is 0. The van der Waals surface area contributed by atoms with Crippen LogP contribution in [0, 0.1) is 0 Å². The molecular formula is C54H85NO8P+. The Morgan fingerprint density at radius 1 is 0.484 bits per heavy atom. The Bertz CT molecular complexity index is 1590. The van der Waals surface area contributed by atoms with Gasteiger partial charge in [0, 0.05) is 12.8 Å². The molecule has 2 unspecified atom stereocenters. The molecule has 0 saturated heterocycles. The highest BCUT2D eigenvalue weighted by molar-refractivity contribution is 7.47. The zero-order valence-corrected chi connectivity index (χ0v) is 41.1. The maximum atomic E-state index is 12.7. The quantitative estimate of drug-likeness (QED) is 0.0213. The summed E-state index contributed by atoms with van der Waals surface area (Å²) >= 11 is 0. The molecule has 0 aliphatic carbocycles. The summed E-state index contributed by atoms with van der Waals surface area (Å²) in [6.45, 7) is 4.01. The fourth-order valence-corrected chi connectivity index (χ4v) is 6.02. The summed E-state index contributed by atoms with van der Waals surface area (Å²) in [7, 11) is 1.38. The minimum Gasteiger partial charge on any atom is -0.462 e.